The topological polar surface area (TPSA) is 61.4 Å². The second kappa shape index (κ2) is 11.4. The van der Waals surface area contributed by atoms with Gasteiger partial charge in [0, 0.05) is 36.3 Å². The van der Waals surface area contributed by atoms with E-state index in [4.69, 9.17) is 0 Å². The summed E-state index contributed by atoms with van der Waals surface area (Å²) in [5.41, 5.74) is 1.05. The van der Waals surface area contributed by atoms with Crippen LogP contribution in [-0.2, 0) is 9.59 Å². The molecule has 4 atom stereocenters. The maximum Gasteiger partial charge on any atom is 0.257 e. The van der Waals surface area contributed by atoms with Crippen molar-refractivity contribution in [3.05, 3.63) is 40.8 Å². The number of piperidine rings is 1. The highest BCUT2D eigenvalue weighted by Gasteiger charge is 2.39. The Labute approximate surface area is 196 Å². The molecule has 2 amide bonds. The largest absolute Gasteiger partial charge is 0.356 e. The van der Waals surface area contributed by atoms with Crippen molar-refractivity contribution in [1.82, 2.24) is 15.5 Å². The van der Waals surface area contributed by atoms with Crippen LogP contribution in [0.2, 0.25) is 0 Å². The standard InChI is InChI=1S/C26H37N3O2S/c1-2-21-11-6-7-15-29(21)16-8-14-27-25(30)20-12-13-23-22(18-20)28-26(31)24(32-23)17-19-9-4-3-5-10-19/h3-5,9-10,17,20-23H,2,6-8,11-16,18H2,1H3,(H,27,30)(H,28,31)/b24-17-. The molecule has 2 N–H and O–H groups in total. The van der Waals surface area contributed by atoms with Gasteiger partial charge in [-0.05, 0) is 63.1 Å². The Morgan fingerprint density at radius 3 is 2.88 bits per heavy atom. The lowest BCUT2D eigenvalue weighted by Gasteiger charge is -2.39. The normalized spacial score (nSPS) is 29.9. The number of nitrogens with zero attached hydrogens (tertiary/aromatic N) is 1. The minimum absolute atomic E-state index is 0.00632. The summed E-state index contributed by atoms with van der Waals surface area (Å²) in [4.78, 5) is 28.8. The van der Waals surface area contributed by atoms with E-state index >= 15 is 0 Å². The third-order valence-corrected chi connectivity index (χ3v) is 8.64. The molecule has 4 rings (SSSR count). The number of hydrogen-bond donors (Lipinski definition) is 2. The van der Waals surface area contributed by atoms with E-state index in [1.54, 1.807) is 11.8 Å². The third kappa shape index (κ3) is 5.96. The van der Waals surface area contributed by atoms with E-state index in [-0.39, 0.29) is 23.8 Å². The van der Waals surface area contributed by atoms with Gasteiger partial charge in [-0.2, -0.15) is 0 Å². The van der Waals surface area contributed by atoms with Crippen LogP contribution in [0.5, 0.6) is 0 Å². The maximum atomic E-state index is 12.8. The average Bonchev–Trinajstić information content (AvgIpc) is 2.82. The van der Waals surface area contributed by atoms with Crippen molar-refractivity contribution in [2.75, 3.05) is 19.6 Å². The van der Waals surface area contributed by atoms with Crippen LogP contribution >= 0.6 is 11.8 Å². The molecule has 2 aliphatic heterocycles. The SMILES string of the molecule is CCC1CCCCN1CCCNC(=O)C1CCC2S/C(=C\c3ccccc3)C(=O)NC2C1. The predicted molar refractivity (Wildman–Crippen MR) is 132 cm³/mol. The predicted octanol–water partition coefficient (Wildman–Crippen LogP) is 4.20. The highest BCUT2D eigenvalue weighted by atomic mass is 32.2. The number of benzene rings is 1. The van der Waals surface area contributed by atoms with E-state index in [9.17, 15) is 9.59 Å². The molecule has 2 heterocycles. The van der Waals surface area contributed by atoms with Crippen molar-refractivity contribution >= 4 is 29.7 Å². The lowest BCUT2D eigenvalue weighted by atomic mass is 9.84. The Bertz CT molecular complexity index is 813. The van der Waals surface area contributed by atoms with Gasteiger partial charge in [0.05, 0.1) is 4.91 Å². The molecule has 5 nitrogen and oxygen atoms in total. The van der Waals surface area contributed by atoms with E-state index in [1.807, 2.05) is 36.4 Å². The first-order valence-electron chi connectivity index (χ1n) is 12.4. The molecule has 0 radical (unpaired) electrons. The number of amides is 2. The fourth-order valence-corrected chi connectivity index (χ4v) is 6.68. The van der Waals surface area contributed by atoms with Crippen LogP contribution in [0.25, 0.3) is 6.08 Å². The molecule has 1 aromatic rings. The fraction of sp³-hybridized carbons (Fsp3) is 0.615. The molecule has 6 heteroatoms. The molecule has 0 bridgehead atoms. The van der Waals surface area contributed by atoms with Crippen LogP contribution in [0.1, 0.15) is 63.9 Å². The van der Waals surface area contributed by atoms with Crippen LogP contribution in [0, 0.1) is 5.92 Å². The van der Waals surface area contributed by atoms with E-state index in [2.05, 4.69) is 22.5 Å². The van der Waals surface area contributed by atoms with Crippen LogP contribution < -0.4 is 10.6 Å². The van der Waals surface area contributed by atoms with Gasteiger partial charge in [0.25, 0.3) is 5.91 Å². The van der Waals surface area contributed by atoms with Gasteiger partial charge in [0.15, 0.2) is 0 Å². The lowest BCUT2D eigenvalue weighted by Crippen LogP contribution is -2.51. The van der Waals surface area contributed by atoms with E-state index in [1.165, 1.54) is 32.2 Å². The zero-order chi connectivity index (χ0) is 22.3. The molecule has 3 aliphatic rings. The summed E-state index contributed by atoms with van der Waals surface area (Å²) in [6, 6.07) is 10.8. The number of nitrogens with one attached hydrogen (secondary N) is 2. The van der Waals surface area contributed by atoms with Gasteiger partial charge in [0.1, 0.15) is 0 Å². The Balaban J connectivity index is 1.22. The van der Waals surface area contributed by atoms with Gasteiger partial charge in [0.2, 0.25) is 5.91 Å². The quantitative estimate of drug-likeness (QED) is 0.478. The zero-order valence-electron chi connectivity index (χ0n) is 19.2. The molecule has 1 saturated carbocycles. The molecule has 0 spiro atoms. The summed E-state index contributed by atoms with van der Waals surface area (Å²) in [7, 11) is 0. The molecule has 1 aromatic carbocycles. The molecule has 0 aromatic heterocycles. The minimum Gasteiger partial charge on any atom is -0.356 e. The number of thioether (sulfide) groups is 1. The van der Waals surface area contributed by atoms with Gasteiger partial charge >= 0.3 is 0 Å². The van der Waals surface area contributed by atoms with E-state index in [0.29, 0.717) is 5.25 Å². The van der Waals surface area contributed by atoms with Crippen molar-refractivity contribution in [1.29, 1.82) is 0 Å². The van der Waals surface area contributed by atoms with Crippen molar-refractivity contribution in [3.8, 4) is 0 Å². The lowest BCUT2D eigenvalue weighted by molar-refractivity contribution is -0.127. The summed E-state index contributed by atoms with van der Waals surface area (Å²) in [6.45, 7) is 5.32. The molecule has 4 unspecified atom stereocenters. The Hall–Kier alpha value is -1.79. The maximum absolute atomic E-state index is 12.8. The number of rotatable bonds is 7. The molecule has 1 aliphatic carbocycles. The Morgan fingerprint density at radius 2 is 2.06 bits per heavy atom. The number of hydrogen-bond acceptors (Lipinski definition) is 4. The van der Waals surface area contributed by atoms with Gasteiger partial charge in [-0.25, -0.2) is 0 Å². The molecular formula is C26H37N3O2S. The summed E-state index contributed by atoms with van der Waals surface area (Å²) in [5.74, 6) is 0.169. The second-order valence-corrected chi connectivity index (χ2v) is 10.7. The summed E-state index contributed by atoms with van der Waals surface area (Å²) in [6.07, 6.45) is 10.8. The third-order valence-electron chi connectivity index (χ3n) is 7.22. The van der Waals surface area contributed by atoms with Gasteiger partial charge < -0.3 is 15.5 Å². The van der Waals surface area contributed by atoms with Crippen LogP contribution in [0.15, 0.2) is 35.2 Å². The molecular weight excluding hydrogens is 418 g/mol. The Kier molecular flexibility index (Phi) is 8.31. The van der Waals surface area contributed by atoms with Gasteiger partial charge in [-0.15, -0.1) is 11.8 Å². The molecule has 2 saturated heterocycles. The summed E-state index contributed by atoms with van der Waals surface area (Å²) < 4.78 is 0. The van der Waals surface area contributed by atoms with Crippen LogP contribution in [0.4, 0.5) is 0 Å². The zero-order valence-corrected chi connectivity index (χ0v) is 20.0. The monoisotopic (exact) mass is 455 g/mol. The number of likely N-dealkylation sites (tertiary alicyclic amines) is 1. The van der Waals surface area contributed by atoms with E-state index in [0.717, 1.165) is 55.3 Å². The minimum atomic E-state index is -0.00632. The average molecular weight is 456 g/mol. The van der Waals surface area contributed by atoms with Crippen LogP contribution in [-0.4, -0.2) is 53.7 Å². The van der Waals surface area contributed by atoms with Crippen molar-refractivity contribution in [2.24, 2.45) is 5.92 Å². The second-order valence-electron chi connectivity index (χ2n) is 9.40. The van der Waals surface area contributed by atoms with Crippen LogP contribution in [0.3, 0.4) is 0 Å². The van der Waals surface area contributed by atoms with Gasteiger partial charge in [-0.1, -0.05) is 43.7 Å². The first-order chi connectivity index (χ1) is 15.6. The van der Waals surface area contributed by atoms with Crippen molar-refractivity contribution < 1.29 is 9.59 Å². The first-order valence-corrected chi connectivity index (χ1v) is 13.3. The van der Waals surface area contributed by atoms with Gasteiger partial charge in [-0.3, -0.25) is 9.59 Å². The van der Waals surface area contributed by atoms with E-state index < -0.39 is 0 Å². The molecule has 174 valence electrons. The Morgan fingerprint density at radius 1 is 1.22 bits per heavy atom. The summed E-state index contributed by atoms with van der Waals surface area (Å²) in [5, 5.41) is 6.71. The first kappa shape index (κ1) is 23.4. The van der Waals surface area contributed by atoms with Crippen molar-refractivity contribution in [3.63, 3.8) is 0 Å². The number of carbonyl (C=O) groups excluding carboxylic acids is 2. The smallest absolute Gasteiger partial charge is 0.257 e. The highest BCUT2D eigenvalue weighted by molar-refractivity contribution is 8.04. The number of fused-ring (bicyclic) bond motifs is 1. The number of carbonyl (C=O) groups is 2. The van der Waals surface area contributed by atoms with Crippen molar-refractivity contribution in [2.45, 2.75) is 75.6 Å². The summed E-state index contributed by atoms with van der Waals surface area (Å²) >= 11 is 1.68. The fourth-order valence-electron chi connectivity index (χ4n) is 5.38. The molecule has 3 fully saturated rings. The highest BCUT2D eigenvalue weighted by Crippen LogP contribution is 2.39. The molecule has 32 heavy (non-hydrogen) atoms.